The first-order valence-electron chi connectivity index (χ1n) is 8.15. The molecular formula is C16H24N6S. The van der Waals surface area contributed by atoms with E-state index < -0.39 is 0 Å². The highest BCUT2D eigenvalue weighted by molar-refractivity contribution is 7.07. The molecule has 0 saturated heterocycles. The van der Waals surface area contributed by atoms with Gasteiger partial charge in [-0.25, -0.2) is 0 Å². The van der Waals surface area contributed by atoms with Crippen molar-refractivity contribution in [1.82, 2.24) is 25.4 Å². The van der Waals surface area contributed by atoms with Crippen LogP contribution in [-0.2, 0) is 19.5 Å². The van der Waals surface area contributed by atoms with Crippen molar-refractivity contribution in [1.29, 1.82) is 0 Å². The molecule has 3 heterocycles. The van der Waals surface area contributed by atoms with E-state index in [1.165, 1.54) is 18.4 Å². The van der Waals surface area contributed by atoms with Gasteiger partial charge in [0, 0.05) is 26.6 Å². The minimum Gasteiger partial charge on any atom is -0.356 e. The second kappa shape index (κ2) is 7.59. The summed E-state index contributed by atoms with van der Waals surface area (Å²) >= 11 is 1.74. The molecule has 23 heavy (non-hydrogen) atoms. The zero-order chi connectivity index (χ0) is 16.1. The lowest BCUT2D eigenvalue weighted by atomic mass is 10.1. The fourth-order valence-corrected chi connectivity index (χ4v) is 3.59. The van der Waals surface area contributed by atoms with Crippen molar-refractivity contribution in [2.75, 3.05) is 13.6 Å². The molecule has 0 spiro atoms. The normalized spacial score (nSPS) is 16.0. The summed E-state index contributed by atoms with van der Waals surface area (Å²) in [5.74, 6) is 3.37. The van der Waals surface area contributed by atoms with Crippen LogP contribution in [0.2, 0.25) is 0 Å². The Kier molecular flexibility index (Phi) is 5.27. The highest BCUT2D eigenvalue weighted by Crippen LogP contribution is 2.17. The van der Waals surface area contributed by atoms with Crippen LogP contribution in [0.1, 0.15) is 42.9 Å². The van der Waals surface area contributed by atoms with E-state index in [1.54, 1.807) is 18.4 Å². The third-order valence-corrected chi connectivity index (χ3v) is 4.96. The minimum atomic E-state index is 0.459. The Balaban J connectivity index is 1.51. The first-order valence-corrected chi connectivity index (χ1v) is 9.09. The first-order chi connectivity index (χ1) is 11.3. The van der Waals surface area contributed by atoms with Crippen LogP contribution >= 0.6 is 11.3 Å². The molecule has 2 N–H and O–H groups in total. The number of aryl methyl sites for hydroxylation is 1. The number of fused-ring (bicyclic) bond motifs is 1. The van der Waals surface area contributed by atoms with Crippen molar-refractivity contribution >= 4 is 17.3 Å². The molecule has 0 bridgehead atoms. The van der Waals surface area contributed by atoms with E-state index in [9.17, 15) is 0 Å². The molecule has 1 unspecified atom stereocenters. The Labute approximate surface area is 141 Å². The van der Waals surface area contributed by atoms with E-state index in [0.29, 0.717) is 12.5 Å². The molecule has 0 fully saturated rings. The van der Waals surface area contributed by atoms with E-state index in [4.69, 9.17) is 0 Å². The molecule has 2 aromatic heterocycles. The molecule has 0 amide bonds. The number of aromatic nitrogens is 3. The maximum Gasteiger partial charge on any atom is 0.191 e. The standard InChI is InChI=1S/C16H24N6S/c1-12(13-6-8-23-11-13)9-18-16(17-2)19-10-15-21-20-14-5-3-4-7-22(14)15/h6,8,11-12H,3-5,7,9-10H2,1-2H3,(H2,17,18,19). The fourth-order valence-electron chi connectivity index (χ4n) is 2.81. The van der Waals surface area contributed by atoms with E-state index in [0.717, 1.165) is 37.1 Å². The number of guanidine groups is 1. The average molecular weight is 332 g/mol. The van der Waals surface area contributed by atoms with Crippen LogP contribution in [0, 0.1) is 0 Å². The topological polar surface area (TPSA) is 67.1 Å². The highest BCUT2D eigenvalue weighted by atomic mass is 32.1. The van der Waals surface area contributed by atoms with Crippen LogP contribution in [0.5, 0.6) is 0 Å². The van der Waals surface area contributed by atoms with E-state index in [1.807, 2.05) is 0 Å². The van der Waals surface area contributed by atoms with Crippen molar-refractivity contribution in [3.8, 4) is 0 Å². The Morgan fingerprint density at radius 1 is 1.39 bits per heavy atom. The Bertz CT molecular complexity index is 646. The maximum atomic E-state index is 4.31. The Hall–Kier alpha value is -1.89. The lowest BCUT2D eigenvalue weighted by Gasteiger charge is -2.17. The number of aliphatic imine (C=N–C) groups is 1. The molecule has 2 aromatic rings. The number of nitrogens with zero attached hydrogens (tertiary/aromatic N) is 4. The van der Waals surface area contributed by atoms with Gasteiger partial charge in [-0.15, -0.1) is 10.2 Å². The Morgan fingerprint density at radius 2 is 2.30 bits per heavy atom. The van der Waals surface area contributed by atoms with Crippen LogP contribution < -0.4 is 10.6 Å². The fraction of sp³-hybridized carbons (Fsp3) is 0.562. The summed E-state index contributed by atoms with van der Waals surface area (Å²) in [5, 5.41) is 19.6. The zero-order valence-corrected chi connectivity index (χ0v) is 14.6. The summed E-state index contributed by atoms with van der Waals surface area (Å²) in [4.78, 5) is 4.29. The summed E-state index contributed by atoms with van der Waals surface area (Å²) in [7, 11) is 1.80. The van der Waals surface area contributed by atoms with Crippen LogP contribution in [0.3, 0.4) is 0 Å². The van der Waals surface area contributed by atoms with Crippen molar-refractivity contribution < 1.29 is 0 Å². The lowest BCUT2D eigenvalue weighted by molar-refractivity contribution is 0.504. The molecule has 0 aromatic carbocycles. The number of hydrogen-bond acceptors (Lipinski definition) is 4. The van der Waals surface area contributed by atoms with Crippen LogP contribution in [0.25, 0.3) is 0 Å². The smallest absolute Gasteiger partial charge is 0.191 e. The van der Waals surface area contributed by atoms with Gasteiger partial charge in [0.1, 0.15) is 5.82 Å². The van der Waals surface area contributed by atoms with Gasteiger partial charge in [0.15, 0.2) is 11.8 Å². The van der Waals surface area contributed by atoms with Gasteiger partial charge < -0.3 is 15.2 Å². The molecule has 1 aliphatic rings. The third kappa shape index (κ3) is 3.90. The number of hydrogen-bond donors (Lipinski definition) is 2. The third-order valence-electron chi connectivity index (χ3n) is 4.26. The summed E-state index contributed by atoms with van der Waals surface area (Å²) in [5.41, 5.74) is 1.37. The summed E-state index contributed by atoms with van der Waals surface area (Å²) < 4.78 is 2.23. The van der Waals surface area contributed by atoms with Gasteiger partial charge in [-0.1, -0.05) is 6.92 Å². The van der Waals surface area contributed by atoms with Crippen LogP contribution in [-0.4, -0.2) is 34.3 Å². The minimum absolute atomic E-state index is 0.459. The van der Waals surface area contributed by atoms with Gasteiger partial charge in [0.25, 0.3) is 0 Å². The van der Waals surface area contributed by atoms with Crippen molar-refractivity contribution in [2.24, 2.45) is 4.99 Å². The van der Waals surface area contributed by atoms with Gasteiger partial charge in [-0.3, -0.25) is 4.99 Å². The van der Waals surface area contributed by atoms with E-state index in [2.05, 4.69) is 54.1 Å². The molecule has 1 atom stereocenters. The molecular weight excluding hydrogens is 308 g/mol. The predicted octanol–water partition coefficient (Wildman–Crippen LogP) is 2.14. The lowest BCUT2D eigenvalue weighted by Crippen LogP contribution is -2.39. The van der Waals surface area contributed by atoms with Crippen LogP contribution in [0.15, 0.2) is 21.8 Å². The monoisotopic (exact) mass is 332 g/mol. The van der Waals surface area contributed by atoms with Crippen molar-refractivity contribution in [2.45, 2.75) is 45.2 Å². The highest BCUT2D eigenvalue weighted by Gasteiger charge is 2.15. The SMILES string of the molecule is CN=C(NCc1nnc2n1CCCC2)NCC(C)c1ccsc1. The number of nitrogens with one attached hydrogen (secondary N) is 2. The maximum absolute atomic E-state index is 4.31. The quantitative estimate of drug-likeness (QED) is 0.650. The molecule has 6 nitrogen and oxygen atoms in total. The average Bonchev–Trinajstić information content (AvgIpc) is 3.25. The van der Waals surface area contributed by atoms with Gasteiger partial charge in [0.05, 0.1) is 6.54 Å². The van der Waals surface area contributed by atoms with E-state index >= 15 is 0 Å². The van der Waals surface area contributed by atoms with Gasteiger partial charge in [-0.05, 0) is 41.1 Å². The molecule has 7 heteroatoms. The number of rotatable bonds is 5. The second-order valence-corrected chi connectivity index (χ2v) is 6.69. The zero-order valence-electron chi connectivity index (χ0n) is 13.7. The predicted molar refractivity (Wildman–Crippen MR) is 93.9 cm³/mol. The first kappa shape index (κ1) is 16.0. The van der Waals surface area contributed by atoms with Gasteiger partial charge in [0.2, 0.25) is 0 Å². The van der Waals surface area contributed by atoms with Gasteiger partial charge >= 0.3 is 0 Å². The number of thiophene rings is 1. The van der Waals surface area contributed by atoms with Crippen molar-refractivity contribution in [3.05, 3.63) is 34.0 Å². The largest absolute Gasteiger partial charge is 0.356 e. The molecule has 3 rings (SSSR count). The summed E-state index contributed by atoms with van der Waals surface area (Å²) in [6.45, 7) is 4.76. The Morgan fingerprint density at radius 3 is 3.09 bits per heavy atom. The molecule has 0 aliphatic carbocycles. The van der Waals surface area contributed by atoms with Crippen molar-refractivity contribution in [3.63, 3.8) is 0 Å². The molecule has 124 valence electrons. The molecule has 0 saturated carbocycles. The van der Waals surface area contributed by atoms with E-state index in [-0.39, 0.29) is 0 Å². The van der Waals surface area contributed by atoms with Crippen LogP contribution in [0.4, 0.5) is 0 Å². The summed E-state index contributed by atoms with van der Waals surface area (Å²) in [6, 6.07) is 2.18. The van der Waals surface area contributed by atoms with Gasteiger partial charge in [-0.2, -0.15) is 11.3 Å². The second-order valence-electron chi connectivity index (χ2n) is 5.91. The molecule has 0 radical (unpaired) electrons. The summed E-state index contributed by atoms with van der Waals surface area (Å²) in [6.07, 6.45) is 3.47. The molecule has 1 aliphatic heterocycles.